The van der Waals surface area contributed by atoms with Crippen LogP contribution >= 0.6 is 0 Å². The van der Waals surface area contributed by atoms with Gasteiger partial charge in [-0.2, -0.15) is 0 Å². The third-order valence-electron chi connectivity index (χ3n) is 3.56. The first-order valence-corrected chi connectivity index (χ1v) is 7.02. The Kier molecular flexibility index (Phi) is 4.62. The van der Waals surface area contributed by atoms with Crippen molar-refractivity contribution in [2.75, 3.05) is 7.11 Å². The highest BCUT2D eigenvalue weighted by Crippen LogP contribution is 2.30. The Morgan fingerprint density at radius 2 is 2.05 bits per heavy atom. The molecule has 0 saturated heterocycles. The molecule has 1 atom stereocenters. The highest BCUT2D eigenvalue weighted by atomic mass is 16.5. The maximum Gasteiger partial charge on any atom is 0.337 e. The SMILES string of the molecule is CCCc1ccccc1C1NC(=O)NC(C)=C1C(=O)OC. The molecule has 1 heterocycles. The van der Waals surface area contributed by atoms with Crippen molar-refractivity contribution < 1.29 is 14.3 Å². The lowest BCUT2D eigenvalue weighted by atomic mass is 9.90. The molecule has 1 aliphatic heterocycles. The van der Waals surface area contributed by atoms with Crippen LogP contribution in [-0.4, -0.2) is 19.1 Å². The summed E-state index contributed by atoms with van der Waals surface area (Å²) in [7, 11) is 1.34. The molecule has 2 amide bonds. The van der Waals surface area contributed by atoms with E-state index in [-0.39, 0.29) is 6.03 Å². The number of methoxy groups -OCH3 is 1. The van der Waals surface area contributed by atoms with Crippen LogP contribution in [0.4, 0.5) is 4.79 Å². The van der Waals surface area contributed by atoms with Gasteiger partial charge in [-0.1, -0.05) is 37.6 Å². The molecule has 1 aromatic carbocycles. The Morgan fingerprint density at radius 3 is 2.71 bits per heavy atom. The van der Waals surface area contributed by atoms with Crippen molar-refractivity contribution >= 4 is 12.0 Å². The number of hydrogen-bond acceptors (Lipinski definition) is 3. The highest BCUT2D eigenvalue weighted by Gasteiger charge is 2.32. The number of benzene rings is 1. The molecule has 0 fully saturated rings. The molecule has 0 radical (unpaired) electrons. The van der Waals surface area contributed by atoms with E-state index in [4.69, 9.17) is 4.74 Å². The van der Waals surface area contributed by atoms with Crippen LogP contribution in [0.3, 0.4) is 0 Å². The normalized spacial score (nSPS) is 18.0. The summed E-state index contributed by atoms with van der Waals surface area (Å²) in [5.41, 5.74) is 3.04. The van der Waals surface area contributed by atoms with Gasteiger partial charge >= 0.3 is 12.0 Å². The van der Waals surface area contributed by atoms with Crippen LogP contribution in [0, 0.1) is 0 Å². The van der Waals surface area contributed by atoms with Crippen LogP contribution in [0.2, 0.25) is 0 Å². The lowest BCUT2D eigenvalue weighted by Gasteiger charge is -2.29. The number of urea groups is 1. The van der Waals surface area contributed by atoms with E-state index in [9.17, 15) is 9.59 Å². The number of hydrogen-bond donors (Lipinski definition) is 2. The first kappa shape index (κ1) is 15.1. The van der Waals surface area contributed by atoms with Crippen molar-refractivity contribution in [1.29, 1.82) is 0 Å². The number of allylic oxidation sites excluding steroid dienone is 1. The van der Waals surface area contributed by atoms with Crippen molar-refractivity contribution in [3.05, 3.63) is 46.7 Å². The fraction of sp³-hybridized carbons (Fsp3) is 0.375. The predicted molar refractivity (Wildman–Crippen MR) is 79.6 cm³/mol. The van der Waals surface area contributed by atoms with Gasteiger partial charge in [0.15, 0.2) is 0 Å². The maximum atomic E-state index is 12.1. The second-order valence-electron chi connectivity index (χ2n) is 5.01. The predicted octanol–water partition coefficient (Wildman–Crippen LogP) is 2.44. The van der Waals surface area contributed by atoms with Crippen LogP contribution in [0.15, 0.2) is 35.5 Å². The number of aryl methyl sites for hydroxylation is 1. The van der Waals surface area contributed by atoms with Gasteiger partial charge in [0.05, 0.1) is 18.7 Å². The summed E-state index contributed by atoms with van der Waals surface area (Å²) in [5.74, 6) is -0.434. The molecular weight excluding hydrogens is 268 g/mol. The van der Waals surface area contributed by atoms with E-state index in [2.05, 4.69) is 17.6 Å². The molecule has 2 rings (SSSR count). The van der Waals surface area contributed by atoms with E-state index in [1.807, 2.05) is 24.3 Å². The summed E-state index contributed by atoms with van der Waals surface area (Å²) in [6, 6.07) is 7.05. The number of rotatable bonds is 4. The zero-order valence-corrected chi connectivity index (χ0v) is 12.5. The first-order valence-electron chi connectivity index (χ1n) is 7.02. The van der Waals surface area contributed by atoms with Gasteiger partial charge in [0.25, 0.3) is 0 Å². The van der Waals surface area contributed by atoms with Gasteiger partial charge in [-0.15, -0.1) is 0 Å². The minimum Gasteiger partial charge on any atom is -0.466 e. The zero-order chi connectivity index (χ0) is 15.4. The number of ether oxygens (including phenoxy) is 1. The van der Waals surface area contributed by atoms with E-state index in [0.29, 0.717) is 11.3 Å². The fourth-order valence-electron chi connectivity index (χ4n) is 2.62. The first-order chi connectivity index (χ1) is 10.1. The number of nitrogens with one attached hydrogen (secondary N) is 2. The summed E-state index contributed by atoms with van der Waals surface area (Å²) in [4.78, 5) is 23.8. The van der Waals surface area contributed by atoms with Crippen LogP contribution in [-0.2, 0) is 16.0 Å². The smallest absolute Gasteiger partial charge is 0.337 e. The molecule has 0 saturated carbocycles. The molecule has 1 aliphatic rings. The second-order valence-corrected chi connectivity index (χ2v) is 5.01. The summed E-state index contributed by atoms with van der Waals surface area (Å²) in [6.45, 7) is 3.81. The van der Waals surface area contributed by atoms with Crippen LogP contribution in [0.5, 0.6) is 0 Å². The molecule has 0 aromatic heterocycles. The van der Waals surface area contributed by atoms with E-state index >= 15 is 0 Å². The Morgan fingerprint density at radius 1 is 1.33 bits per heavy atom. The number of carbonyl (C=O) groups excluding carboxylic acids is 2. The Bertz CT molecular complexity index is 593. The second kappa shape index (κ2) is 6.43. The van der Waals surface area contributed by atoms with E-state index in [0.717, 1.165) is 24.0 Å². The number of esters is 1. The van der Waals surface area contributed by atoms with Gasteiger partial charge in [0.1, 0.15) is 0 Å². The van der Waals surface area contributed by atoms with Crippen molar-refractivity contribution in [2.45, 2.75) is 32.7 Å². The van der Waals surface area contributed by atoms with Crippen LogP contribution < -0.4 is 10.6 Å². The van der Waals surface area contributed by atoms with E-state index in [1.165, 1.54) is 7.11 Å². The van der Waals surface area contributed by atoms with Crippen molar-refractivity contribution in [1.82, 2.24) is 10.6 Å². The molecule has 1 unspecified atom stereocenters. The van der Waals surface area contributed by atoms with Gasteiger partial charge in [-0.05, 0) is 24.5 Å². The fourth-order valence-corrected chi connectivity index (χ4v) is 2.62. The van der Waals surface area contributed by atoms with Gasteiger partial charge in [0, 0.05) is 5.70 Å². The summed E-state index contributed by atoms with van der Waals surface area (Å²) < 4.78 is 4.86. The molecule has 112 valence electrons. The Hall–Kier alpha value is -2.30. The summed E-state index contributed by atoms with van der Waals surface area (Å²) in [5, 5.41) is 5.44. The quantitative estimate of drug-likeness (QED) is 0.836. The van der Waals surface area contributed by atoms with Gasteiger partial charge < -0.3 is 15.4 Å². The number of amides is 2. The van der Waals surface area contributed by atoms with Crippen molar-refractivity contribution in [3.8, 4) is 0 Å². The maximum absolute atomic E-state index is 12.1. The Labute approximate surface area is 124 Å². The highest BCUT2D eigenvalue weighted by molar-refractivity contribution is 5.95. The van der Waals surface area contributed by atoms with Crippen LogP contribution in [0.25, 0.3) is 0 Å². The van der Waals surface area contributed by atoms with Crippen LogP contribution in [0.1, 0.15) is 37.4 Å². The van der Waals surface area contributed by atoms with E-state index < -0.39 is 12.0 Å². The molecule has 1 aromatic rings. The minimum atomic E-state index is -0.478. The molecule has 5 heteroatoms. The average molecular weight is 288 g/mol. The monoisotopic (exact) mass is 288 g/mol. The zero-order valence-electron chi connectivity index (χ0n) is 12.5. The standard InChI is InChI=1S/C16H20N2O3/c1-4-7-11-8-5-6-9-12(11)14-13(15(19)21-3)10(2)17-16(20)18-14/h5-6,8-9,14H,4,7H2,1-3H3,(H2,17,18,20). The third kappa shape index (κ3) is 3.07. The largest absolute Gasteiger partial charge is 0.466 e. The lowest BCUT2D eigenvalue weighted by Crippen LogP contribution is -2.45. The average Bonchev–Trinajstić information content (AvgIpc) is 2.46. The molecule has 0 spiro atoms. The van der Waals surface area contributed by atoms with E-state index in [1.54, 1.807) is 6.92 Å². The minimum absolute atomic E-state index is 0.309. The molecule has 2 N–H and O–H groups in total. The summed E-state index contributed by atoms with van der Waals surface area (Å²) in [6.07, 6.45) is 1.88. The lowest BCUT2D eigenvalue weighted by molar-refractivity contribution is -0.136. The number of carbonyl (C=O) groups is 2. The molecule has 0 bridgehead atoms. The summed E-state index contributed by atoms with van der Waals surface area (Å²) >= 11 is 0. The molecule has 0 aliphatic carbocycles. The van der Waals surface area contributed by atoms with Crippen molar-refractivity contribution in [3.63, 3.8) is 0 Å². The molecule has 21 heavy (non-hydrogen) atoms. The van der Waals surface area contributed by atoms with Gasteiger partial charge in [-0.25, -0.2) is 9.59 Å². The molecule has 5 nitrogen and oxygen atoms in total. The Balaban J connectivity index is 2.51. The third-order valence-corrected chi connectivity index (χ3v) is 3.56. The van der Waals surface area contributed by atoms with Crippen molar-refractivity contribution in [2.24, 2.45) is 0 Å². The van der Waals surface area contributed by atoms with Gasteiger partial charge in [0.2, 0.25) is 0 Å². The van der Waals surface area contributed by atoms with Gasteiger partial charge in [-0.3, -0.25) is 0 Å². The topological polar surface area (TPSA) is 67.4 Å². The molecular formula is C16H20N2O3.